The lowest BCUT2D eigenvalue weighted by Crippen LogP contribution is -2.33. The van der Waals surface area contributed by atoms with E-state index in [4.69, 9.17) is 15.2 Å². The first-order valence-electron chi connectivity index (χ1n) is 6.75. The molecule has 0 saturated carbocycles. The van der Waals surface area contributed by atoms with E-state index in [1.165, 1.54) is 26.4 Å². The van der Waals surface area contributed by atoms with Gasteiger partial charge in [-0.15, -0.1) is 0 Å². The average molecular weight is 316 g/mol. The normalized spacial score (nSPS) is 13.2. The molecule has 7 heteroatoms. The van der Waals surface area contributed by atoms with Crippen LogP contribution in [-0.4, -0.2) is 28.7 Å². The molecule has 0 bridgehead atoms. The van der Waals surface area contributed by atoms with Gasteiger partial charge in [-0.2, -0.15) is 0 Å². The van der Waals surface area contributed by atoms with Gasteiger partial charge in [-0.05, 0) is 25.3 Å². The number of hydrogen-bond donors (Lipinski definition) is 2. The molecule has 0 saturated heterocycles. The second-order valence-corrected chi connectivity index (χ2v) is 7.08. The van der Waals surface area contributed by atoms with Crippen molar-refractivity contribution in [3.8, 4) is 11.5 Å². The zero-order valence-electron chi connectivity index (χ0n) is 13.1. The number of hydrogen-bond acceptors (Lipinski definition) is 5. The van der Waals surface area contributed by atoms with Gasteiger partial charge in [0.1, 0.15) is 16.4 Å². The Labute approximate surface area is 126 Å². The molecule has 0 aliphatic heterocycles. The van der Waals surface area contributed by atoms with Gasteiger partial charge >= 0.3 is 0 Å². The summed E-state index contributed by atoms with van der Waals surface area (Å²) in [5, 5.41) is 0. The summed E-state index contributed by atoms with van der Waals surface area (Å²) in [6.45, 7) is 5.91. The van der Waals surface area contributed by atoms with Gasteiger partial charge in [-0.3, -0.25) is 0 Å². The lowest BCUT2D eigenvalue weighted by Gasteiger charge is -2.18. The molecule has 6 nitrogen and oxygen atoms in total. The number of rotatable bonds is 7. The summed E-state index contributed by atoms with van der Waals surface area (Å²) in [6, 6.07) is 2.64. The Hall–Kier alpha value is -1.47. The average Bonchev–Trinajstić information content (AvgIpc) is 2.36. The van der Waals surface area contributed by atoms with Crippen LogP contribution in [0.3, 0.4) is 0 Å². The monoisotopic (exact) mass is 316 g/mol. The van der Waals surface area contributed by atoms with Gasteiger partial charge in [0, 0.05) is 12.1 Å². The summed E-state index contributed by atoms with van der Waals surface area (Å²) in [5.74, 6) is 0.969. The molecule has 3 N–H and O–H groups in total. The third-order valence-electron chi connectivity index (χ3n) is 2.99. The molecule has 0 radical (unpaired) electrons. The quantitative estimate of drug-likeness (QED) is 0.751. The predicted octanol–water partition coefficient (Wildman–Crippen LogP) is 2.00. The van der Waals surface area contributed by atoms with Crippen LogP contribution in [0, 0.1) is 5.92 Å². The maximum atomic E-state index is 12.5. The summed E-state index contributed by atoms with van der Waals surface area (Å²) in [6.07, 6.45) is 0.743. The van der Waals surface area contributed by atoms with Crippen LogP contribution in [-0.2, 0) is 10.0 Å². The standard InChI is InChI=1S/C14H24N2O4S/c1-9(2)6-10(3)16-21(17,18)14-7-11(15)12(19-4)8-13(14)20-5/h7-10,16H,6,15H2,1-5H3. The van der Waals surface area contributed by atoms with Crippen molar-refractivity contribution in [3.05, 3.63) is 12.1 Å². The smallest absolute Gasteiger partial charge is 0.244 e. The molecule has 1 rings (SSSR count). The Kier molecular flexibility index (Phi) is 5.86. The lowest BCUT2D eigenvalue weighted by molar-refractivity contribution is 0.386. The van der Waals surface area contributed by atoms with E-state index in [0.717, 1.165) is 6.42 Å². The second kappa shape index (κ2) is 7.00. The summed E-state index contributed by atoms with van der Waals surface area (Å²) < 4.78 is 37.8. The van der Waals surface area contributed by atoms with E-state index >= 15 is 0 Å². The molecule has 1 aromatic carbocycles. The van der Waals surface area contributed by atoms with Crippen LogP contribution >= 0.6 is 0 Å². The number of methoxy groups -OCH3 is 2. The Morgan fingerprint density at radius 3 is 2.19 bits per heavy atom. The summed E-state index contributed by atoms with van der Waals surface area (Å²) in [7, 11) is -0.841. The van der Waals surface area contributed by atoms with Crippen molar-refractivity contribution in [1.82, 2.24) is 4.72 Å². The lowest BCUT2D eigenvalue weighted by atomic mass is 10.1. The summed E-state index contributed by atoms with van der Waals surface area (Å²) in [4.78, 5) is 0.0129. The highest BCUT2D eigenvalue weighted by Crippen LogP contribution is 2.33. The SMILES string of the molecule is COc1cc(OC)c(S(=O)(=O)NC(C)CC(C)C)cc1N. The van der Waals surface area contributed by atoms with Crippen molar-refractivity contribution < 1.29 is 17.9 Å². The predicted molar refractivity (Wildman–Crippen MR) is 83.2 cm³/mol. The Balaban J connectivity index is 3.16. The molecule has 1 unspecified atom stereocenters. The van der Waals surface area contributed by atoms with E-state index in [2.05, 4.69) is 4.72 Å². The van der Waals surface area contributed by atoms with Crippen molar-refractivity contribution in [1.29, 1.82) is 0 Å². The van der Waals surface area contributed by atoms with E-state index < -0.39 is 10.0 Å². The van der Waals surface area contributed by atoms with E-state index in [1.54, 1.807) is 0 Å². The van der Waals surface area contributed by atoms with Gasteiger partial charge in [0.15, 0.2) is 0 Å². The van der Waals surface area contributed by atoms with Crippen molar-refractivity contribution in [2.75, 3.05) is 20.0 Å². The molecular formula is C14H24N2O4S. The molecule has 0 amide bonds. The maximum absolute atomic E-state index is 12.5. The molecule has 120 valence electrons. The number of nitrogens with two attached hydrogens (primary N) is 1. The fourth-order valence-electron chi connectivity index (χ4n) is 2.19. The summed E-state index contributed by atoms with van der Waals surface area (Å²) in [5.41, 5.74) is 6.04. The van der Waals surface area contributed by atoms with Crippen molar-refractivity contribution in [2.45, 2.75) is 38.1 Å². The highest BCUT2D eigenvalue weighted by Gasteiger charge is 2.24. The number of nitrogen functional groups attached to an aromatic ring is 1. The van der Waals surface area contributed by atoms with Gasteiger partial charge in [0.2, 0.25) is 10.0 Å². The van der Waals surface area contributed by atoms with Crippen LogP contribution in [0.4, 0.5) is 5.69 Å². The minimum Gasteiger partial charge on any atom is -0.495 e. The minimum absolute atomic E-state index is 0.0129. The van der Waals surface area contributed by atoms with Gasteiger partial charge in [0.25, 0.3) is 0 Å². The zero-order valence-corrected chi connectivity index (χ0v) is 14.0. The second-order valence-electron chi connectivity index (χ2n) is 5.40. The highest BCUT2D eigenvalue weighted by molar-refractivity contribution is 7.89. The molecule has 0 fully saturated rings. The van der Waals surface area contributed by atoms with E-state index in [1.807, 2.05) is 20.8 Å². The van der Waals surface area contributed by atoms with Crippen LogP contribution in [0.25, 0.3) is 0 Å². The largest absolute Gasteiger partial charge is 0.495 e. The Morgan fingerprint density at radius 1 is 1.14 bits per heavy atom. The molecule has 21 heavy (non-hydrogen) atoms. The fourth-order valence-corrected chi connectivity index (χ4v) is 3.63. The number of ether oxygens (including phenoxy) is 2. The van der Waals surface area contributed by atoms with Crippen molar-refractivity contribution >= 4 is 15.7 Å². The molecule has 0 spiro atoms. The zero-order chi connectivity index (χ0) is 16.2. The Bertz CT molecular complexity index is 585. The number of nitrogens with one attached hydrogen (secondary N) is 1. The molecule has 1 aromatic rings. The first-order valence-corrected chi connectivity index (χ1v) is 8.23. The first-order chi connectivity index (χ1) is 9.71. The fraction of sp³-hybridized carbons (Fsp3) is 0.571. The van der Waals surface area contributed by atoms with Crippen molar-refractivity contribution in [2.24, 2.45) is 5.92 Å². The maximum Gasteiger partial charge on any atom is 0.244 e. The molecular weight excluding hydrogens is 292 g/mol. The van der Waals surface area contributed by atoms with Crippen LogP contribution < -0.4 is 19.9 Å². The van der Waals surface area contributed by atoms with Gasteiger partial charge in [-0.25, -0.2) is 13.1 Å². The molecule has 1 atom stereocenters. The molecule has 0 aliphatic rings. The van der Waals surface area contributed by atoms with E-state index in [0.29, 0.717) is 11.7 Å². The van der Waals surface area contributed by atoms with Crippen LogP contribution in [0.5, 0.6) is 11.5 Å². The topological polar surface area (TPSA) is 90.6 Å². The van der Waals surface area contributed by atoms with Crippen molar-refractivity contribution in [3.63, 3.8) is 0 Å². The number of anilines is 1. The van der Waals surface area contributed by atoms with Crippen LogP contribution in [0.2, 0.25) is 0 Å². The van der Waals surface area contributed by atoms with E-state index in [-0.39, 0.29) is 22.4 Å². The molecule has 0 aromatic heterocycles. The highest BCUT2D eigenvalue weighted by atomic mass is 32.2. The first kappa shape index (κ1) is 17.6. The Morgan fingerprint density at radius 2 is 1.71 bits per heavy atom. The van der Waals surface area contributed by atoms with E-state index in [9.17, 15) is 8.42 Å². The van der Waals surface area contributed by atoms with Crippen LogP contribution in [0.1, 0.15) is 27.2 Å². The summed E-state index contributed by atoms with van der Waals surface area (Å²) >= 11 is 0. The number of benzene rings is 1. The third kappa shape index (κ3) is 4.50. The molecule has 0 aliphatic carbocycles. The van der Waals surface area contributed by atoms with Gasteiger partial charge < -0.3 is 15.2 Å². The van der Waals surface area contributed by atoms with Crippen LogP contribution in [0.15, 0.2) is 17.0 Å². The third-order valence-corrected chi connectivity index (χ3v) is 4.60. The number of sulfonamides is 1. The van der Waals surface area contributed by atoms with Gasteiger partial charge in [-0.1, -0.05) is 13.8 Å². The molecule has 0 heterocycles. The van der Waals surface area contributed by atoms with Gasteiger partial charge in [0.05, 0.1) is 19.9 Å². The minimum atomic E-state index is -3.71.